The van der Waals surface area contributed by atoms with Gasteiger partial charge in [-0.1, -0.05) is 131 Å². The second-order valence-corrected chi connectivity index (χ2v) is 11.5. The number of rotatable bonds is 13. The molecule has 206 valence electrons. The Hall–Kier alpha value is -3.46. The fourth-order valence-electron chi connectivity index (χ4n) is 6.02. The Morgan fingerprint density at radius 3 is 1.93 bits per heavy atom. The highest BCUT2D eigenvalue weighted by Crippen LogP contribution is 2.35. The Kier molecular flexibility index (Phi) is 9.65. The standard InChI is InChI=1S/C37H45BN2/c1-4-6-8-10-14-31-27-34(29-22-20-28(3)21-23-29)33(15-11-9-7-5-2)26-32(31)24-25-38-39-35-18-12-16-30-17-13-19-36(40-38)37(30)35/h12-13,16-27,39-40H,4-11,14-15H2,1-3H3/b25-24+. The van der Waals surface area contributed by atoms with E-state index in [9.17, 15) is 0 Å². The third-order valence-electron chi connectivity index (χ3n) is 8.32. The fraction of sp³-hybridized carbons (Fsp3) is 0.351. The third kappa shape index (κ3) is 6.81. The minimum atomic E-state index is 0.0539. The molecule has 0 aliphatic carbocycles. The summed E-state index contributed by atoms with van der Waals surface area (Å²) in [6.07, 6.45) is 14.9. The maximum atomic E-state index is 3.72. The van der Waals surface area contributed by atoms with E-state index in [0.717, 1.165) is 12.8 Å². The van der Waals surface area contributed by atoms with E-state index in [0.29, 0.717) is 0 Å². The first-order valence-electron chi connectivity index (χ1n) is 15.6. The number of anilines is 2. The van der Waals surface area contributed by atoms with Crippen molar-refractivity contribution in [3.63, 3.8) is 0 Å². The van der Waals surface area contributed by atoms with E-state index in [4.69, 9.17) is 0 Å². The molecule has 0 radical (unpaired) electrons. The Labute approximate surface area is 242 Å². The molecule has 0 saturated carbocycles. The van der Waals surface area contributed by atoms with E-state index in [1.54, 1.807) is 0 Å². The third-order valence-corrected chi connectivity index (χ3v) is 8.32. The minimum Gasteiger partial charge on any atom is -0.405 e. The summed E-state index contributed by atoms with van der Waals surface area (Å²) in [4.78, 5) is 0. The topological polar surface area (TPSA) is 24.1 Å². The van der Waals surface area contributed by atoms with Gasteiger partial charge in [0.2, 0.25) is 0 Å². The largest absolute Gasteiger partial charge is 0.405 e. The number of nitrogens with one attached hydrogen (secondary N) is 2. The van der Waals surface area contributed by atoms with E-state index >= 15 is 0 Å². The van der Waals surface area contributed by atoms with Crippen molar-refractivity contribution in [2.24, 2.45) is 0 Å². The molecule has 4 aromatic rings. The second-order valence-electron chi connectivity index (χ2n) is 11.5. The number of benzene rings is 4. The molecule has 1 heterocycles. The van der Waals surface area contributed by atoms with Gasteiger partial charge >= 0.3 is 6.98 Å². The quantitative estimate of drug-likeness (QED) is 0.133. The number of hydrogen-bond acceptors (Lipinski definition) is 2. The summed E-state index contributed by atoms with van der Waals surface area (Å²) in [6.45, 7) is 6.81. The van der Waals surface area contributed by atoms with Crippen LogP contribution in [0, 0.1) is 6.92 Å². The average Bonchev–Trinajstić information content (AvgIpc) is 2.97. The lowest BCUT2D eigenvalue weighted by Crippen LogP contribution is -2.35. The molecule has 2 N–H and O–H groups in total. The lowest BCUT2D eigenvalue weighted by molar-refractivity contribution is 0.663. The van der Waals surface area contributed by atoms with Crippen LogP contribution in [0.5, 0.6) is 0 Å². The van der Waals surface area contributed by atoms with Crippen molar-refractivity contribution >= 4 is 35.2 Å². The van der Waals surface area contributed by atoms with Crippen molar-refractivity contribution in [3.8, 4) is 11.1 Å². The molecule has 1 aliphatic rings. The Balaban J connectivity index is 1.47. The summed E-state index contributed by atoms with van der Waals surface area (Å²) in [7, 11) is 0. The Morgan fingerprint density at radius 1 is 0.675 bits per heavy atom. The van der Waals surface area contributed by atoms with Gasteiger partial charge in [-0.2, -0.15) is 0 Å². The van der Waals surface area contributed by atoms with Crippen molar-refractivity contribution in [1.29, 1.82) is 0 Å². The van der Waals surface area contributed by atoms with Crippen LogP contribution in [0.15, 0.2) is 78.8 Å². The number of unbranched alkanes of at least 4 members (excludes halogenated alkanes) is 6. The van der Waals surface area contributed by atoms with Gasteiger partial charge in [0.1, 0.15) is 0 Å². The molecule has 0 atom stereocenters. The molecule has 1 aliphatic heterocycles. The van der Waals surface area contributed by atoms with E-state index in [2.05, 4.69) is 116 Å². The van der Waals surface area contributed by atoms with Gasteiger partial charge in [0.25, 0.3) is 0 Å². The lowest BCUT2D eigenvalue weighted by atomic mass is 9.72. The van der Waals surface area contributed by atoms with Crippen LogP contribution in [0.25, 0.3) is 28.0 Å². The van der Waals surface area contributed by atoms with Crippen molar-refractivity contribution in [2.75, 3.05) is 10.5 Å². The van der Waals surface area contributed by atoms with E-state index in [-0.39, 0.29) is 6.98 Å². The molecular formula is C37H45BN2. The maximum Gasteiger partial charge on any atom is 0.398 e. The van der Waals surface area contributed by atoms with Crippen LogP contribution in [-0.2, 0) is 12.8 Å². The highest BCUT2D eigenvalue weighted by atomic mass is 15.0. The fourth-order valence-corrected chi connectivity index (χ4v) is 6.02. The van der Waals surface area contributed by atoms with Gasteiger partial charge < -0.3 is 10.5 Å². The molecule has 40 heavy (non-hydrogen) atoms. The molecule has 0 fully saturated rings. The SMILES string of the molecule is CCCCCCc1cc(-c2ccc(C)cc2)c(CCCCCC)cc1/C=C/B1Nc2cccc3cccc(c23)N1. The molecule has 0 bridgehead atoms. The van der Waals surface area contributed by atoms with Crippen LogP contribution < -0.4 is 10.5 Å². The maximum absolute atomic E-state index is 3.72. The molecule has 0 spiro atoms. The first-order valence-corrected chi connectivity index (χ1v) is 15.6. The van der Waals surface area contributed by atoms with Gasteiger partial charge in [-0.05, 0) is 77.9 Å². The van der Waals surface area contributed by atoms with Gasteiger partial charge in [0, 0.05) is 16.8 Å². The molecule has 0 unspecified atom stereocenters. The van der Waals surface area contributed by atoms with Crippen LogP contribution >= 0.6 is 0 Å². The Morgan fingerprint density at radius 2 is 1.30 bits per heavy atom. The van der Waals surface area contributed by atoms with E-state index < -0.39 is 0 Å². The van der Waals surface area contributed by atoms with E-state index in [1.165, 1.54) is 107 Å². The zero-order valence-corrected chi connectivity index (χ0v) is 24.7. The molecule has 0 aromatic heterocycles. The van der Waals surface area contributed by atoms with Crippen LogP contribution in [0.1, 0.15) is 87.5 Å². The predicted octanol–water partition coefficient (Wildman–Crippen LogP) is 10.6. The Bertz CT molecular complexity index is 1400. The summed E-state index contributed by atoms with van der Waals surface area (Å²) in [5, 5.41) is 9.99. The number of aryl methyl sites for hydroxylation is 3. The van der Waals surface area contributed by atoms with Crippen LogP contribution in [-0.4, -0.2) is 6.98 Å². The number of hydrogen-bond donors (Lipinski definition) is 2. The summed E-state index contributed by atoms with van der Waals surface area (Å²) < 4.78 is 0. The van der Waals surface area contributed by atoms with Crippen molar-refractivity contribution in [1.82, 2.24) is 0 Å². The summed E-state index contributed by atoms with van der Waals surface area (Å²) in [5.74, 6) is 2.31. The van der Waals surface area contributed by atoms with Crippen molar-refractivity contribution in [2.45, 2.75) is 85.0 Å². The normalized spacial score (nSPS) is 12.6. The predicted molar refractivity (Wildman–Crippen MR) is 178 cm³/mol. The smallest absolute Gasteiger partial charge is 0.398 e. The lowest BCUT2D eigenvalue weighted by Gasteiger charge is -2.25. The summed E-state index contributed by atoms with van der Waals surface area (Å²) >= 11 is 0. The molecule has 2 nitrogen and oxygen atoms in total. The minimum absolute atomic E-state index is 0.0539. The van der Waals surface area contributed by atoms with Crippen LogP contribution in [0.2, 0.25) is 0 Å². The zero-order chi connectivity index (χ0) is 27.7. The van der Waals surface area contributed by atoms with Crippen LogP contribution in [0.3, 0.4) is 0 Å². The first-order chi connectivity index (χ1) is 19.7. The van der Waals surface area contributed by atoms with Gasteiger partial charge in [0.05, 0.1) is 0 Å². The molecular weight excluding hydrogens is 483 g/mol. The summed E-state index contributed by atoms with van der Waals surface area (Å²) in [6, 6.07) is 27.2. The van der Waals surface area contributed by atoms with Gasteiger partial charge in [-0.25, -0.2) is 0 Å². The molecule has 5 rings (SSSR count). The second kappa shape index (κ2) is 13.7. The molecule has 0 saturated heterocycles. The van der Waals surface area contributed by atoms with Gasteiger partial charge in [0.15, 0.2) is 0 Å². The molecule has 4 aromatic carbocycles. The van der Waals surface area contributed by atoms with Crippen molar-refractivity contribution in [3.05, 3.63) is 101 Å². The molecule has 3 heteroatoms. The highest BCUT2D eigenvalue weighted by Gasteiger charge is 2.21. The van der Waals surface area contributed by atoms with Crippen molar-refractivity contribution < 1.29 is 0 Å². The average molecular weight is 529 g/mol. The zero-order valence-electron chi connectivity index (χ0n) is 24.7. The molecule has 0 amide bonds. The van der Waals surface area contributed by atoms with Gasteiger partial charge in [-0.15, -0.1) is 0 Å². The first kappa shape index (κ1) is 28.1. The summed E-state index contributed by atoms with van der Waals surface area (Å²) in [5.41, 5.74) is 10.8. The van der Waals surface area contributed by atoms with Crippen LogP contribution in [0.4, 0.5) is 11.4 Å². The monoisotopic (exact) mass is 528 g/mol. The van der Waals surface area contributed by atoms with E-state index in [1.807, 2.05) is 0 Å². The van der Waals surface area contributed by atoms with Gasteiger partial charge in [-0.3, -0.25) is 0 Å². The highest BCUT2D eigenvalue weighted by molar-refractivity contribution is 6.73.